The second-order valence-corrected chi connectivity index (χ2v) is 6.37. The first-order valence-electron chi connectivity index (χ1n) is 8.96. The molecule has 1 amide bonds. The van der Waals surface area contributed by atoms with Crippen molar-refractivity contribution in [3.8, 4) is 23.1 Å². The van der Waals surface area contributed by atoms with Crippen LogP contribution in [0.15, 0.2) is 60.9 Å². The molecule has 0 fully saturated rings. The summed E-state index contributed by atoms with van der Waals surface area (Å²) in [5.41, 5.74) is 4.85. The number of anilines is 1. The molecule has 4 N–H and O–H groups in total. The van der Waals surface area contributed by atoms with Crippen molar-refractivity contribution in [2.24, 2.45) is 0 Å². The van der Waals surface area contributed by atoms with Crippen LogP contribution in [-0.2, 0) is 0 Å². The highest BCUT2D eigenvalue weighted by molar-refractivity contribution is 5.95. The third-order valence-electron chi connectivity index (χ3n) is 3.96. The van der Waals surface area contributed by atoms with Gasteiger partial charge in [0.25, 0.3) is 5.91 Å². The third kappa shape index (κ3) is 5.62. The molecule has 0 saturated carbocycles. The Morgan fingerprint density at radius 2 is 1.90 bits per heavy atom. The molecular weight excluding hydrogens is 368 g/mol. The summed E-state index contributed by atoms with van der Waals surface area (Å²) in [5, 5.41) is 21.4. The van der Waals surface area contributed by atoms with Crippen LogP contribution in [0.2, 0.25) is 0 Å². The van der Waals surface area contributed by atoms with Gasteiger partial charge in [0.15, 0.2) is 0 Å². The molecule has 2 heterocycles. The van der Waals surface area contributed by atoms with Crippen LogP contribution in [0.5, 0.6) is 0 Å². The monoisotopic (exact) mass is 388 g/mol. The number of aliphatic hydroxyl groups excluding tert-OH is 1. The summed E-state index contributed by atoms with van der Waals surface area (Å²) in [4.78, 5) is 20.4. The summed E-state index contributed by atoms with van der Waals surface area (Å²) < 4.78 is 0. The number of aromatic nitrogens is 2. The number of nitrogens with one attached hydrogen (secondary N) is 2. The van der Waals surface area contributed by atoms with E-state index in [1.165, 1.54) is 6.07 Å². The van der Waals surface area contributed by atoms with E-state index in [-0.39, 0.29) is 12.1 Å². The molecule has 1 aromatic carbocycles. The average molecular weight is 388 g/mol. The lowest BCUT2D eigenvalue weighted by Crippen LogP contribution is -2.20. The smallest absolute Gasteiger partial charge is 0.274 e. The predicted octanol–water partition coefficient (Wildman–Crippen LogP) is 2.46. The number of amides is 1. The Balaban J connectivity index is 1.87. The van der Waals surface area contributed by atoms with Crippen LogP contribution in [0, 0.1) is 11.8 Å². The topological polar surface area (TPSA) is 107 Å². The third-order valence-corrected chi connectivity index (χ3v) is 3.96. The van der Waals surface area contributed by atoms with Crippen molar-refractivity contribution in [3.63, 3.8) is 0 Å². The van der Waals surface area contributed by atoms with Crippen LogP contribution in [0.1, 0.15) is 28.4 Å². The summed E-state index contributed by atoms with van der Waals surface area (Å²) in [6, 6.07) is 14.2. The molecule has 0 bridgehead atoms. The molecule has 3 aromatic rings. The Morgan fingerprint density at radius 3 is 2.55 bits per heavy atom. The molecule has 0 aliphatic heterocycles. The molecule has 29 heavy (non-hydrogen) atoms. The van der Waals surface area contributed by atoms with Gasteiger partial charge in [-0.15, -0.1) is 0 Å². The highest BCUT2D eigenvalue weighted by Gasteiger charge is 2.11. The molecule has 0 aliphatic rings. The van der Waals surface area contributed by atoms with Gasteiger partial charge in [-0.1, -0.05) is 24.0 Å². The minimum atomic E-state index is -0.646. The Hall–Kier alpha value is -3.73. The van der Waals surface area contributed by atoms with Gasteiger partial charge in [0.2, 0.25) is 0 Å². The fourth-order valence-corrected chi connectivity index (χ4v) is 2.52. The number of pyridine rings is 2. The highest BCUT2D eigenvalue weighted by atomic mass is 16.5. The Bertz CT molecular complexity index is 1040. The van der Waals surface area contributed by atoms with Crippen molar-refractivity contribution < 1.29 is 15.1 Å². The summed E-state index contributed by atoms with van der Waals surface area (Å²) in [5.74, 6) is 5.89. The highest BCUT2D eigenvalue weighted by Crippen LogP contribution is 2.22. The van der Waals surface area contributed by atoms with Crippen molar-refractivity contribution in [3.05, 3.63) is 77.6 Å². The molecule has 146 valence electrons. The van der Waals surface area contributed by atoms with E-state index in [0.29, 0.717) is 11.5 Å². The van der Waals surface area contributed by atoms with Crippen LogP contribution >= 0.6 is 0 Å². The maximum absolute atomic E-state index is 11.9. The lowest BCUT2D eigenvalue weighted by Gasteiger charge is -2.11. The van der Waals surface area contributed by atoms with E-state index in [1.807, 2.05) is 36.4 Å². The maximum Gasteiger partial charge on any atom is 0.274 e. The lowest BCUT2D eigenvalue weighted by molar-refractivity contribution is 0.0706. The van der Waals surface area contributed by atoms with Crippen molar-refractivity contribution in [2.75, 3.05) is 11.9 Å². The van der Waals surface area contributed by atoms with Gasteiger partial charge < -0.3 is 10.4 Å². The number of carbonyl (C=O) groups is 1. The number of rotatable bonds is 5. The van der Waals surface area contributed by atoms with Gasteiger partial charge in [0.1, 0.15) is 5.82 Å². The zero-order chi connectivity index (χ0) is 20.6. The zero-order valence-electron chi connectivity index (χ0n) is 15.8. The number of benzene rings is 1. The van der Waals surface area contributed by atoms with Crippen LogP contribution in [0.3, 0.4) is 0 Å². The molecule has 1 atom stereocenters. The molecule has 2 aromatic heterocycles. The van der Waals surface area contributed by atoms with Crippen molar-refractivity contribution in [1.82, 2.24) is 15.4 Å². The van der Waals surface area contributed by atoms with Crippen LogP contribution < -0.4 is 10.8 Å². The van der Waals surface area contributed by atoms with Crippen molar-refractivity contribution >= 4 is 11.7 Å². The predicted molar refractivity (Wildman–Crippen MR) is 109 cm³/mol. The molecule has 7 heteroatoms. The Labute approximate surface area is 168 Å². The molecule has 1 unspecified atom stereocenters. The second-order valence-electron chi connectivity index (χ2n) is 6.37. The van der Waals surface area contributed by atoms with Crippen LogP contribution in [-0.4, -0.2) is 38.8 Å². The SMILES string of the molecule is CC(O)CNc1cc(C(=O)NO)cc(-c2ccc(C#Cc3cccnc3)cc2)n1. The number of carbonyl (C=O) groups excluding carboxylic acids is 1. The van der Waals surface area contributed by atoms with E-state index in [9.17, 15) is 9.90 Å². The Kier molecular flexibility index (Phi) is 6.53. The van der Waals surface area contributed by atoms with E-state index in [1.54, 1.807) is 30.9 Å². The number of nitrogens with zero attached hydrogens (tertiary/aromatic N) is 2. The first-order valence-corrected chi connectivity index (χ1v) is 8.96. The Morgan fingerprint density at radius 1 is 1.14 bits per heavy atom. The van der Waals surface area contributed by atoms with E-state index >= 15 is 0 Å². The van der Waals surface area contributed by atoms with E-state index in [0.717, 1.165) is 16.7 Å². The normalized spacial score (nSPS) is 11.1. The van der Waals surface area contributed by atoms with Crippen molar-refractivity contribution in [2.45, 2.75) is 13.0 Å². The lowest BCUT2D eigenvalue weighted by atomic mass is 10.1. The second kappa shape index (κ2) is 9.46. The molecule has 0 radical (unpaired) electrons. The molecule has 0 spiro atoms. The van der Waals surface area contributed by atoms with Gasteiger partial charge in [0, 0.05) is 41.2 Å². The fraction of sp³-hybridized carbons (Fsp3) is 0.136. The standard InChI is InChI=1S/C22H20N4O3/c1-15(27)13-24-21-12-19(22(28)26-29)11-20(25-21)18-8-6-16(7-9-18)4-5-17-3-2-10-23-14-17/h2-3,6-12,14-15,27,29H,13H2,1H3,(H,24,25)(H,26,28). The van der Waals surface area contributed by atoms with Crippen LogP contribution in [0.25, 0.3) is 11.3 Å². The number of hydrogen-bond donors (Lipinski definition) is 4. The fourth-order valence-electron chi connectivity index (χ4n) is 2.52. The van der Waals surface area contributed by atoms with E-state index < -0.39 is 12.0 Å². The van der Waals surface area contributed by atoms with Crippen LogP contribution in [0.4, 0.5) is 5.82 Å². The number of hydroxylamine groups is 1. The minimum absolute atomic E-state index is 0.242. The van der Waals surface area contributed by atoms with Gasteiger partial charge >= 0.3 is 0 Å². The average Bonchev–Trinajstić information content (AvgIpc) is 2.76. The zero-order valence-corrected chi connectivity index (χ0v) is 15.8. The van der Waals surface area contributed by atoms with Gasteiger partial charge in [0.05, 0.1) is 11.8 Å². The number of aliphatic hydroxyl groups is 1. The summed E-state index contributed by atoms with van der Waals surface area (Å²) in [6.45, 7) is 1.92. The quantitative estimate of drug-likeness (QED) is 0.304. The van der Waals surface area contributed by atoms with Crippen molar-refractivity contribution in [1.29, 1.82) is 0 Å². The molecule has 0 aliphatic carbocycles. The molecule has 3 rings (SSSR count). The van der Waals surface area contributed by atoms with Gasteiger partial charge in [-0.2, -0.15) is 0 Å². The summed E-state index contributed by atoms with van der Waals surface area (Å²) in [7, 11) is 0. The van der Waals surface area contributed by atoms with Gasteiger partial charge in [-0.05, 0) is 43.3 Å². The molecule has 0 saturated heterocycles. The van der Waals surface area contributed by atoms with Gasteiger partial charge in [-0.25, -0.2) is 10.5 Å². The number of hydrogen-bond acceptors (Lipinski definition) is 6. The minimum Gasteiger partial charge on any atom is -0.392 e. The molecule has 7 nitrogen and oxygen atoms in total. The van der Waals surface area contributed by atoms with Gasteiger partial charge in [-0.3, -0.25) is 15.0 Å². The maximum atomic E-state index is 11.9. The first-order chi connectivity index (χ1) is 14.0. The largest absolute Gasteiger partial charge is 0.392 e. The molecular formula is C22H20N4O3. The summed E-state index contributed by atoms with van der Waals surface area (Å²) in [6.07, 6.45) is 2.82. The van der Waals surface area contributed by atoms with E-state index in [4.69, 9.17) is 5.21 Å². The summed E-state index contributed by atoms with van der Waals surface area (Å²) >= 11 is 0. The first kappa shape index (κ1) is 20.0. The van der Waals surface area contributed by atoms with E-state index in [2.05, 4.69) is 27.1 Å².